The van der Waals surface area contributed by atoms with Crippen molar-refractivity contribution in [1.29, 1.82) is 0 Å². The van der Waals surface area contributed by atoms with Crippen molar-refractivity contribution in [1.82, 2.24) is 0 Å². The van der Waals surface area contributed by atoms with Crippen LogP contribution in [0.1, 0.15) is 25.8 Å². The monoisotopic (exact) mass is 336 g/mol. The van der Waals surface area contributed by atoms with Crippen molar-refractivity contribution in [2.45, 2.75) is 20.3 Å². The lowest BCUT2D eigenvalue weighted by atomic mass is 9.87. The van der Waals surface area contributed by atoms with Gasteiger partial charge in [0.1, 0.15) is 19.4 Å². The third-order valence-corrected chi connectivity index (χ3v) is 3.62. The van der Waals surface area contributed by atoms with Crippen LogP contribution in [0.5, 0.6) is 5.75 Å². The van der Waals surface area contributed by atoms with Crippen LogP contribution in [0.2, 0.25) is 0 Å². The van der Waals surface area contributed by atoms with Gasteiger partial charge >= 0.3 is 0 Å². The molecule has 0 radical (unpaired) electrons. The summed E-state index contributed by atoms with van der Waals surface area (Å²) in [6.45, 7) is 7.63. The van der Waals surface area contributed by atoms with Crippen LogP contribution in [0.25, 0.3) is 5.57 Å². The molecule has 106 valence electrons. The second-order valence-electron chi connectivity index (χ2n) is 4.67. The summed E-state index contributed by atoms with van der Waals surface area (Å²) < 4.78 is 20.8. The average Bonchev–Trinajstić information content (AvgIpc) is 2.42. The van der Waals surface area contributed by atoms with E-state index in [0.717, 1.165) is 15.6 Å². The van der Waals surface area contributed by atoms with Gasteiger partial charge in [-0.2, -0.15) is 0 Å². The molecule has 4 heteroatoms. The average molecular weight is 337 g/mol. The van der Waals surface area contributed by atoms with Gasteiger partial charge in [0.15, 0.2) is 0 Å². The van der Waals surface area contributed by atoms with Crippen molar-refractivity contribution in [2.75, 3.05) is 7.11 Å². The topological polar surface area (TPSA) is 9.23 Å². The molecule has 0 aliphatic rings. The summed E-state index contributed by atoms with van der Waals surface area (Å²) >= 11 is 3.43. The molecule has 0 saturated heterocycles. The van der Waals surface area contributed by atoms with Crippen LogP contribution in [0, 0.1) is 0 Å². The van der Waals surface area contributed by atoms with Crippen LogP contribution in [-0.4, -0.2) is 15.0 Å². The van der Waals surface area contributed by atoms with E-state index in [1.807, 2.05) is 32.0 Å². The lowest BCUT2D eigenvalue weighted by molar-refractivity contribution is 0.410. The van der Waals surface area contributed by atoms with E-state index in [1.54, 1.807) is 21.0 Å². The highest BCUT2D eigenvalue weighted by molar-refractivity contribution is 9.10. The first-order chi connectivity index (χ1) is 9.42. The van der Waals surface area contributed by atoms with Gasteiger partial charge in [-0.1, -0.05) is 36.7 Å². The van der Waals surface area contributed by atoms with E-state index in [2.05, 4.69) is 22.5 Å². The van der Waals surface area contributed by atoms with E-state index in [0.29, 0.717) is 23.2 Å². The maximum absolute atomic E-state index is 14.7. The maximum atomic E-state index is 14.7. The lowest BCUT2D eigenvalue weighted by Crippen LogP contribution is -1.96. The second kappa shape index (κ2) is 7.48. The Morgan fingerprint density at radius 2 is 2.15 bits per heavy atom. The van der Waals surface area contributed by atoms with Gasteiger partial charge in [0.2, 0.25) is 0 Å². The summed E-state index contributed by atoms with van der Waals surface area (Å²) in [6.07, 6.45) is 2.41. The Morgan fingerprint density at radius 3 is 2.65 bits per heavy atom. The molecule has 0 fully saturated rings. The molecule has 0 aromatic heterocycles. The van der Waals surface area contributed by atoms with Crippen LogP contribution in [-0.2, 0) is 0 Å². The molecule has 0 saturated carbocycles. The predicted molar refractivity (Wildman–Crippen MR) is 90.5 cm³/mol. The highest BCUT2D eigenvalue weighted by Crippen LogP contribution is 2.38. The molecule has 0 N–H and O–H groups in total. The summed E-state index contributed by atoms with van der Waals surface area (Å²) in [5, 5.41) is 0. The standard InChI is InChI=1S/C16H19BBrFO/c1-5-13(17)15(19)12(9-10(2)3)11-7-6-8-14(18)16(11)20-4/h6-9H,2,5,17H2,1,3-4H3/b12-9-,15-13-. The molecule has 0 heterocycles. The molecule has 0 aliphatic heterocycles. The number of methoxy groups -OCH3 is 1. The Morgan fingerprint density at radius 1 is 1.50 bits per heavy atom. The highest BCUT2D eigenvalue weighted by Gasteiger charge is 2.16. The van der Waals surface area contributed by atoms with E-state index in [1.165, 1.54) is 0 Å². The number of rotatable bonds is 5. The van der Waals surface area contributed by atoms with Gasteiger partial charge in [-0.25, -0.2) is 4.39 Å². The van der Waals surface area contributed by atoms with Crippen LogP contribution < -0.4 is 4.74 Å². The van der Waals surface area contributed by atoms with Gasteiger partial charge in [-0.05, 0) is 41.4 Å². The Hall–Kier alpha value is -1.29. The first-order valence-corrected chi connectivity index (χ1v) is 7.27. The number of benzene rings is 1. The molecule has 1 aromatic carbocycles. The zero-order valence-corrected chi connectivity index (χ0v) is 14.0. The molecule has 0 amide bonds. The molecule has 1 aromatic rings. The minimum atomic E-state index is -0.216. The molecular formula is C16H19BBrFO. The van der Waals surface area contributed by atoms with Crippen LogP contribution >= 0.6 is 15.9 Å². The van der Waals surface area contributed by atoms with Crippen LogP contribution in [0.3, 0.4) is 0 Å². The number of ether oxygens (including phenoxy) is 1. The molecule has 0 unspecified atom stereocenters. The Kier molecular flexibility index (Phi) is 6.28. The van der Waals surface area contributed by atoms with Gasteiger partial charge in [-0.15, -0.1) is 0 Å². The van der Waals surface area contributed by atoms with Crippen molar-refractivity contribution in [2.24, 2.45) is 0 Å². The van der Waals surface area contributed by atoms with Gasteiger partial charge in [0.25, 0.3) is 0 Å². The summed E-state index contributed by atoms with van der Waals surface area (Å²) in [5.41, 5.74) is 2.73. The molecule has 0 bridgehead atoms. The zero-order chi connectivity index (χ0) is 15.3. The smallest absolute Gasteiger partial charge is 0.140 e. The second-order valence-corrected chi connectivity index (χ2v) is 5.53. The quantitative estimate of drug-likeness (QED) is 0.562. The third kappa shape index (κ3) is 3.86. The lowest BCUT2D eigenvalue weighted by Gasteiger charge is -2.14. The van der Waals surface area contributed by atoms with E-state index >= 15 is 0 Å². The third-order valence-electron chi connectivity index (χ3n) is 2.99. The van der Waals surface area contributed by atoms with E-state index in [4.69, 9.17) is 4.74 Å². The van der Waals surface area contributed by atoms with Gasteiger partial charge < -0.3 is 4.74 Å². The van der Waals surface area contributed by atoms with E-state index < -0.39 is 0 Å². The van der Waals surface area contributed by atoms with Gasteiger partial charge in [0, 0.05) is 11.1 Å². The Balaban J connectivity index is 3.57. The van der Waals surface area contributed by atoms with Gasteiger partial charge in [-0.3, -0.25) is 0 Å². The first kappa shape index (κ1) is 16.8. The number of hydrogen-bond acceptors (Lipinski definition) is 1. The number of halogens is 2. The molecule has 0 aliphatic carbocycles. The van der Waals surface area contributed by atoms with E-state index in [9.17, 15) is 4.39 Å². The van der Waals surface area contributed by atoms with Crippen molar-refractivity contribution >= 4 is 29.3 Å². The fourth-order valence-corrected chi connectivity index (χ4v) is 2.35. The molecule has 1 rings (SSSR count). The maximum Gasteiger partial charge on any atom is 0.140 e. The Labute approximate surface area is 129 Å². The first-order valence-electron chi connectivity index (χ1n) is 6.48. The Bertz CT molecular complexity index is 576. The summed E-state index contributed by atoms with van der Waals surface area (Å²) in [5.74, 6) is 0.408. The molecule has 0 atom stereocenters. The van der Waals surface area contributed by atoms with Crippen molar-refractivity contribution in [3.05, 3.63) is 57.8 Å². The minimum Gasteiger partial charge on any atom is -0.495 e. The SMILES string of the molecule is B/C(CC)=C(F)/C(=C\C(=C)C)c1cccc(Br)c1OC. The zero-order valence-electron chi connectivity index (χ0n) is 12.4. The van der Waals surface area contributed by atoms with Crippen LogP contribution in [0.4, 0.5) is 4.39 Å². The number of para-hydroxylation sites is 1. The van der Waals surface area contributed by atoms with E-state index in [-0.39, 0.29) is 5.83 Å². The minimum absolute atomic E-state index is 0.216. The molecule has 1 nitrogen and oxygen atoms in total. The molecule has 0 spiro atoms. The van der Waals surface area contributed by atoms with Crippen molar-refractivity contribution in [3.8, 4) is 5.75 Å². The fraction of sp³-hybridized carbons (Fsp3) is 0.250. The predicted octanol–water partition coefficient (Wildman–Crippen LogP) is 4.64. The summed E-state index contributed by atoms with van der Waals surface area (Å²) in [6, 6.07) is 5.58. The van der Waals surface area contributed by atoms with Gasteiger partial charge in [0.05, 0.1) is 11.6 Å². The molecule has 20 heavy (non-hydrogen) atoms. The van der Waals surface area contributed by atoms with Crippen molar-refractivity contribution in [3.63, 3.8) is 0 Å². The normalized spacial score (nSPS) is 12.9. The number of allylic oxidation sites excluding steroid dienone is 5. The van der Waals surface area contributed by atoms with Crippen molar-refractivity contribution < 1.29 is 9.13 Å². The van der Waals surface area contributed by atoms with Crippen LogP contribution in [0.15, 0.2) is 52.2 Å². The molecular weight excluding hydrogens is 318 g/mol. The summed E-state index contributed by atoms with van der Waals surface area (Å²) in [4.78, 5) is 0. The highest BCUT2D eigenvalue weighted by atomic mass is 79.9. The largest absolute Gasteiger partial charge is 0.495 e. The fourth-order valence-electron chi connectivity index (χ4n) is 1.82. The number of hydrogen-bond donors (Lipinski definition) is 0. The summed E-state index contributed by atoms with van der Waals surface area (Å²) in [7, 11) is 3.38.